The predicted molar refractivity (Wildman–Crippen MR) is 110 cm³/mol. The van der Waals surface area contributed by atoms with E-state index in [9.17, 15) is 13.2 Å². The highest BCUT2D eigenvalue weighted by molar-refractivity contribution is 7.92. The van der Waals surface area contributed by atoms with Gasteiger partial charge in [-0.2, -0.15) is 0 Å². The van der Waals surface area contributed by atoms with Crippen molar-refractivity contribution in [2.24, 2.45) is 0 Å². The highest BCUT2D eigenvalue weighted by Gasteiger charge is 2.28. The molecule has 150 valence electrons. The molecule has 0 unspecified atom stereocenters. The Balaban J connectivity index is 1.51. The largest absolute Gasteiger partial charge is 0.494 e. The number of hydrogen-bond acceptors (Lipinski definition) is 4. The Bertz CT molecular complexity index is 910. The van der Waals surface area contributed by atoms with E-state index >= 15 is 0 Å². The van der Waals surface area contributed by atoms with Gasteiger partial charge >= 0.3 is 0 Å². The van der Waals surface area contributed by atoms with Gasteiger partial charge in [-0.25, -0.2) is 8.42 Å². The molecule has 0 spiro atoms. The number of nitrogens with one attached hydrogen (secondary N) is 1. The fraction of sp³-hybridized carbons (Fsp3) is 0.381. The van der Waals surface area contributed by atoms with Crippen LogP contribution in [0.25, 0.3) is 0 Å². The van der Waals surface area contributed by atoms with E-state index < -0.39 is 10.0 Å². The standard InChI is InChI=1S/C21H26N2O4S/c1-2-3-15-27-19-10-8-18(9-11-19)21(24)22-13-16-28(25,26)23-14-12-17-6-4-5-7-20(17)23/h4-11H,2-3,12-16H2,1H3,(H,22,24). The van der Waals surface area contributed by atoms with Gasteiger partial charge in [0.1, 0.15) is 5.75 Å². The van der Waals surface area contributed by atoms with E-state index in [1.807, 2.05) is 24.3 Å². The van der Waals surface area contributed by atoms with E-state index in [2.05, 4.69) is 12.2 Å². The maximum Gasteiger partial charge on any atom is 0.251 e. The maximum absolute atomic E-state index is 12.6. The SMILES string of the molecule is CCCCOc1ccc(C(=O)NCCS(=O)(=O)N2CCc3ccccc32)cc1. The number of nitrogens with zero attached hydrogens (tertiary/aromatic N) is 1. The predicted octanol–water partition coefficient (Wildman–Crippen LogP) is 2.99. The van der Waals surface area contributed by atoms with Crippen molar-refractivity contribution in [1.29, 1.82) is 0 Å². The van der Waals surface area contributed by atoms with E-state index in [1.54, 1.807) is 24.3 Å². The molecule has 0 aliphatic carbocycles. The first-order valence-corrected chi connectivity index (χ1v) is 11.2. The molecule has 1 aliphatic heterocycles. The van der Waals surface area contributed by atoms with Crippen molar-refractivity contribution in [3.8, 4) is 5.75 Å². The highest BCUT2D eigenvalue weighted by Crippen LogP contribution is 2.29. The highest BCUT2D eigenvalue weighted by atomic mass is 32.2. The Morgan fingerprint density at radius 2 is 1.89 bits per heavy atom. The molecule has 0 radical (unpaired) electrons. The van der Waals surface area contributed by atoms with Crippen molar-refractivity contribution in [3.05, 3.63) is 59.7 Å². The van der Waals surface area contributed by atoms with Gasteiger partial charge < -0.3 is 10.1 Å². The first kappa shape index (κ1) is 20.2. The molecular weight excluding hydrogens is 376 g/mol. The number of sulfonamides is 1. The average molecular weight is 403 g/mol. The molecule has 0 atom stereocenters. The quantitative estimate of drug-likeness (QED) is 0.654. The Morgan fingerprint density at radius 1 is 1.14 bits per heavy atom. The third-order valence-corrected chi connectivity index (χ3v) is 6.48. The monoisotopic (exact) mass is 402 g/mol. The molecule has 1 aliphatic rings. The van der Waals surface area contributed by atoms with Crippen LogP contribution in [0.1, 0.15) is 35.7 Å². The van der Waals surface area contributed by atoms with Crippen LogP contribution in [0, 0.1) is 0 Å². The lowest BCUT2D eigenvalue weighted by Crippen LogP contribution is -2.36. The van der Waals surface area contributed by atoms with Crippen LogP contribution in [0.4, 0.5) is 5.69 Å². The molecule has 2 aromatic rings. The molecule has 28 heavy (non-hydrogen) atoms. The van der Waals surface area contributed by atoms with Gasteiger partial charge in [0, 0.05) is 18.7 Å². The van der Waals surface area contributed by atoms with E-state index in [0.29, 0.717) is 25.1 Å². The van der Waals surface area contributed by atoms with Gasteiger partial charge in [-0.05, 0) is 48.7 Å². The van der Waals surface area contributed by atoms with Crippen molar-refractivity contribution in [1.82, 2.24) is 5.32 Å². The summed E-state index contributed by atoms with van der Waals surface area (Å²) in [6, 6.07) is 14.4. The molecule has 2 aromatic carbocycles. The van der Waals surface area contributed by atoms with Crippen molar-refractivity contribution >= 4 is 21.6 Å². The van der Waals surface area contributed by atoms with E-state index in [1.165, 1.54) is 4.31 Å². The Morgan fingerprint density at radius 3 is 2.64 bits per heavy atom. The van der Waals surface area contributed by atoms with Gasteiger partial charge in [0.25, 0.3) is 5.91 Å². The number of benzene rings is 2. The molecule has 0 aromatic heterocycles. The number of para-hydroxylation sites is 1. The summed E-state index contributed by atoms with van der Waals surface area (Å²) in [5, 5.41) is 2.69. The molecule has 6 nitrogen and oxygen atoms in total. The van der Waals surface area contributed by atoms with Crippen LogP contribution < -0.4 is 14.4 Å². The van der Waals surface area contributed by atoms with Crippen LogP contribution in [0.5, 0.6) is 5.75 Å². The normalized spacial score (nSPS) is 13.2. The fourth-order valence-electron chi connectivity index (χ4n) is 3.14. The minimum atomic E-state index is -3.47. The third-order valence-electron chi connectivity index (χ3n) is 4.71. The third kappa shape index (κ3) is 4.84. The van der Waals surface area contributed by atoms with Gasteiger partial charge in [-0.3, -0.25) is 9.10 Å². The fourth-order valence-corrected chi connectivity index (χ4v) is 4.57. The number of rotatable bonds is 9. The molecule has 0 bridgehead atoms. The molecule has 1 amide bonds. The molecule has 0 saturated carbocycles. The summed E-state index contributed by atoms with van der Waals surface area (Å²) < 4.78 is 32.3. The second kappa shape index (κ2) is 9.10. The van der Waals surface area contributed by atoms with Gasteiger partial charge in [-0.1, -0.05) is 31.5 Å². The lowest BCUT2D eigenvalue weighted by atomic mass is 10.2. The minimum Gasteiger partial charge on any atom is -0.494 e. The molecule has 1 heterocycles. The first-order chi connectivity index (χ1) is 13.5. The smallest absolute Gasteiger partial charge is 0.251 e. The molecular formula is C21H26N2O4S. The number of carbonyl (C=O) groups excluding carboxylic acids is 1. The van der Waals surface area contributed by atoms with Crippen LogP contribution in [-0.4, -0.2) is 39.8 Å². The number of fused-ring (bicyclic) bond motifs is 1. The summed E-state index contributed by atoms with van der Waals surface area (Å²) in [5.41, 5.74) is 2.26. The van der Waals surface area contributed by atoms with E-state index in [4.69, 9.17) is 4.74 Å². The zero-order chi connectivity index (χ0) is 20.0. The number of carbonyl (C=O) groups is 1. The zero-order valence-electron chi connectivity index (χ0n) is 16.1. The zero-order valence-corrected chi connectivity index (χ0v) is 16.9. The maximum atomic E-state index is 12.6. The number of ether oxygens (including phenoxy) is 1. The van der Waals surface area contributed by atoms with Crippen LogP contribution >= 0.6 is 0 Å². The summed E-state index contributed by atoms with van der Waals surface area (Å²) in [5.74, 6) is 0.295. The second-order valence-electron chi connectivity index (χ2n) is 6.75. The van der Waals surface area contributed by atoms with Gasteiger partial charge in [-0.15, -0.1) is 0 Å². The number of unbranched alkanes of at least 4 members (excludes halogenated alkanes) is 1. The van der Waals surface area contributed by atoms with Gasteiger partial charge in [0.2, 0.25) is 10.0 Å². The second-order valence-corrected chi connectivity index (χ2v) is 8.76. The Hall–Kier alpha value is -2.54. The molecule has 7 heteroatoms. The Labute approximate surface area is 166 Å². The topological polar surface area (TPSA) is 75.7 Å². The number of amides is 1. The van der Waals surface area contributed by atoms with Crippen LogP contribution in [0.15, 0.2) is 48.5 Å². The van der Waals surface area contributed by atoms with Crippen molar-refractivity contribution in [2.45, 2.75) is 26.2 Å². The van der Waals surface area contributed by atoms with Gasteiger partial charge in [0.15, 0.2) is 0 Å². The molecule has 3 rings (SSSR count). The van der Waals surface area contributed by atoms with Crippen molar-refractivity contribution in [2.75, 3.05) is 29.8 Å². The lowest BCUT2D eigenvalue weighted by molar-refractivity contribution is 0.0956. The lowest BCUT2D eigenvalue weighted by Gasteiger charge is -2.19. The number of anilines is 1. The molecule has 0 fully saturated rings. The van der Waals surface area contributed by atoms with Gasteiger partial charge in [0.05, 0.1) is 18.0 Å². The summed E-state index contributed by atoms with van der Waals surface area (Å²) in [6.07, 6.45) is 2.76. The molecule has 1 N–H and O–H groups in total. The van der Waals surface area contributed by atoms with Crippen LogP contribution in [-0.2, 0) is 16.4 Å². The van der Waals surface area contributed by atoms with Crippen molar-refractivity contribution in [3.63, 3.8) is 0 Å². The summed E-state index contributed by atoms with van der Waals surface area (Å²) >= 11 is 0. The van der Waals surface area contributed by atoms with E-state index in [-0.39, 0.29) is 18.2 Å². The van der Waals surface area contributed by atoms with Crippen LogP contribution in [0.3, 0.4) is 0 Å². The Kier molecular flexibility index (Phi) is 6.57. The van der Waals surface area contributed by atoms with Crippen LogP contribution in [0.2, 0.25) is 0 Å². The first-order valence-electron chi connectivity index (χ1n) is 9.60. The summed E-state index contributed by atoms with van der Waals surface area (Å²) in [7, 11) is -3.47. The number of hydrogen-bond donors (Lipinski definition) is 1. The summed E-state index contributed by atoms with van der Waals surface area (Å²) in [6.45, 7) is 3.27. The van der Waals surface area contributed by atoms with Crippen molar-refractivity contribution < 1.29 is 17.9 Å². The minimum absolute atomic E-state index is 0.0641. The average Bonchev–Trinajstić information content (AvgIpc) is 3.13. The van der Waals surface area contributed by atoms with E-state index in [0.717, 1.165) is 29.8 Å². The summed E-state index contributed by atoms with van der Waals surface area (Å²) in [4.78, 5) is 12.3. The molecule has 0 saturated heterocycles.